The number of pyridine rings is 1. The summed E-state index contributed by atoms with van der Waals surface area (Å²) in [7, 11) is 4.69. The summed E-state index contributed by atoms with van der Waals surface area (Å²) >= 11 is 8.11. The minimum Gasteiger partial charge on any atom is -0.481 e. The van der Waals surface area contributed by atoms with Crippen molar-refractivity contribution in [2.75, 3.05) is 26.2 Å². The fraction of sp³-hybridized carbons (Fsp3) is 0.222. The van der Waals surface area contributed by atoms with Gasteiger partial charge in [-0.25, -0.2) is 24.7 Å². The number of anilines is 1. The third-order valence-corrected chi connectivity index (χ3v) is 7.78. The van der Waals surface area contributed by atoms with E-state index < -0.39 is 12.4 Å². The monoisotopic (exact) mass is 563 g/mol. The van der Waals surface area contributed by atoms with Gasteiger partial charge < -0.3 is 18.9 Å². The first-order valence-electron chi connectivity index (χ1n) is 11.9. The minimum absolute atomic E-state index is 0.358. The van der Waals surface area contributed by atoms with Crippen LogP contribution in [0.15, 0.2) is 42.7 Å². The number of hydrogen-bond donors (Lipinski definition) is 0. The summed E-state index contributed by atoms with van der Waals surface area (Å²) in [4.78, 5) is 32.3. The zero-order chi connectivity index (χ0) is 27.3. The van der Waals surface area contributed by atoms with Crippen molar-refractivity contribution in [3.05, 3.63) is 58.9 Å². The molecular weight excluding hydrogens is 542 g/mol. The molecule has 1 unspecified atom stereocenters. The molecule has 0 fully saturated rings. The van der Waals surface area contributed by atoms with Gasteiger partial charge in [0.25, 0.3) is 0 Å². The van der Waals surface area contributed by atoms with Crippen LogP contribution in [0, 0.1) is 6.92 Å². The Labute approximate surface area is 232 Å². The Kier molecular flexibility index (Phi) is 6.32. The highest BCUT2D eigenvalue weighted by molar-refractivity contribution is 7.22. The molecule has 1 aliphatic rings. The van der Waals surface area contributed by atoms with Gasteiger partial charge in [-0.2, -0.15) is 0 Å². The summed E-state index contributed by atoms with van der Waals surface area (Å²) in [5.74, 6) is 1.45. The summed E-state index contributed by atoms with van der Waals surface area (Å²) in [5.41, 5.74) is 5.39. The topological polar surface area (TPSA) is 109 Å². The van der Waals surface area contributed by atoms with Crippen molar-refractivity contribution in [2.24, 2.45) is 0 Å². The second kappa shape index (κ2) is 9.83. The van der Waals surface area contributed by atoms with Gasteiger partial charge in [-0.15, -0.1) is 11.3 Å². The third kappa shape index (κ3) is 4.53. The molecule has 1 amide bonds. The van der Waals surface area contributed by atoms with Crippen molar-refractivity contribution in [1.29, 1.82) is 0 Å². The Bertz CT molecular complexity index is 1740. The van der Waals surface area contributed by atoms with Crippen LogP contribution in [-0.2, 0) is 11.2 Å². The van der Waals surface area contributed by atoms with E-state index in [2.05, 4.69) is 15.0 Å². The zero-order valence-electron chi connectivity index (χ0n) is 21.4. The minimum atomic E-state index is -0.813. The number of halogens is 1. The number of ether oxygens (including phenoxy) is 4. The van der Waals surface area contributed by atoms with Crippen LogP contribution >= 0.6 is 22.9 Å². The first-order valence-corrected chi connectivity index (χ1v) is 13.1. The van der Waals surface area contributed by atoms with Crippen LogP contribution in [0.3, 0.4) is 0 Å². The number of aromatic nitrogens is 4. The average molecular weight is 564 g/mol. The number of amides is 1. The molecule has 4 heterocycles. The normalized spacial score (nSPS) is 14.2. The van der Waals surface area contributed by atoms with Gasteiger partial charge in [-0.3, -0.25) is 4.90 Å². The van der Waals surface area contributed by atoms with E-state index >= 15 is 0 Å². The molecule has 1 atom stereocenters. The van der Waals surface area contributed by atoms with Gasteiger partial charge >= 0.3 is 6.09 Å². The molecule has 10 nitrogen and oxygen atoms in total. The predicted octanol–water partition coefficient (Wildman–Crippen LogP) is 5.81. The highest BCUT2D eigenvalue weighted by atomic mass is 35.5. The van der Waals surface area contributed by atoms with E-state index in [-0.39, 0.29) is 0 Å². The van der Waals surface area contributed by atoms with Crippen LogP contribution in [0.2, 0.25) is 5.02 Å². The van der Waals surface area contributed by atoms with Gasteiger partial charge in [0, 0.05) is 30.3 Å². The van der Waals surface area contributed by atoms with Crippen molar-refractivity contribution in [2.45, 2.75) is 19.6 Å². The Morgan fingerprint density at radius 3 is 2.64 bits per heavy atom. The molecule has 198 valence electrons. The van der Waals surface area contributed by atoms with E-state index in [0.717, 1.165) is 26.4 Å². The number of aryl methyl sites for hydroxylation is 1. The number of carbonyl (C=O) groups excluding carboxylic acids is 1. The number of fused-ring (bicyclic) bond motifs is 4. The fourth-order valence-electron chi connectivity index (χ4n) is 4.40. The first kappa shape index (κ1) is 25.1. The van der Waals surface area contributed by atoms with E-state index in [4.69, 9.17) is 35.5 Å². The van der Waals surface area contributed by atoms with Crippen LogP contribution in [0.4, 0.5) is 10.5 Å². The van der Waals surface area contributed by atoms with Crippen LogP contribution in [0.1, 0.15) is 11.1 Å². The molecule has 0 bridgehead atoms. The fourth-order valence-corrected chi connectivity index (χ4v) is 5.84. The summed E-state index contributed by atoms with van der Waals surface area (Å²) in [6.45, 7) is 1.99. The van der Waals surface area contributed by atoms with Crippen molar-refractivity contribution in [3.63, 3.8) is 0 Å². The SMILES string of the molecule is COc1ccc(N(C)C(=O)OC2Cc3c(cc(Cl)c4nc(-c5cc(C)cc6nc(OC)cnc56)sc34)O2)cn1. The van der Waals surface area contributed by atoms with Crippen LogP contribution < -0.4 is 19.1 Å². The van der Waals surface area contributed by atoms with Gasteiger partial charge in [0.05, 0.1) is 59.5 Å². The molecule has 2 aromatic carbocycles. The molecule has 5 aromatic rings. The number of nitrogens with zero attached hydrogens (tertiary/aromatic N) is 5. The molecular formula is C27H22ClN5O5S. The summed E-state index contributed by atoms with van der Waals surface area (Å²) < 4.78 is 22.8. The van der Waals surface area contributed by atoms with Crippen LogP contribution in [0.25, 0.3) is 31.8 Å². The largest absolute Gasteiger partial charge is 0.481 e. The van der Waals surface area contributed by atoms with Gasteiger partial charge in [0.15, 0.2) is 0 Å². The maximum atomic E-state index is 12.8. The number of hydrogen-bond acceptors (Lipinski definition) is 10. The number of carbonyl (C=O) groups is 1. The molecule has 39 heavy (non-hydrogen) atoms. The van der Waals surface area contributed by atoms with E-state index in [0.29, 0.717) is 51.2 Å². The maximum absolute atomic E-state index is 12.8. The second-order valence-corrected chi connectivity index (χ2v) is 10.3. The Balaban J connectivity index is 1.30. The number of thiazole rings is 1. The second-order valence-electron chi connectivity index (χ2n) is 8.88. The van der Waals surface area contributed by atoms with Crippen molar-refractivity contribution in [1.82, 2.24) is 19.9 Å². The number of benzene rings is 2. The lowest BCUT2D eigenvalue weighted by molar-refractivity contribution is -0.0127. The van der Waals surface area contributed by atoms with E-state index in [1.54, 1.807) is 38.6 Å². The summed E-state index contributed by atoms with van der Waals surface area (Å²) in [5, 5.41) is 1.20. The first-order chi connectivity index (χ1) is 18.8. The van der Waals surface area contributed by atoms with E-state index in [1.807, 2.05) is 19.1 Å². The molecule has 6 rings (SSSR count). The highest BCUT2D eigenvalue weighted by Crippen LogP contribution is 2.45. The van der Waals surface area contributed by atoms with Crippen LogP contribution in [0.5, 0.6) is 17.5 Å². The molecule has 0 saturated heterocycles. The Hall–Kier alpha value is -4.22. The Morgan fingerprint density at radius 2 is 1.90 bits per heavy atom. The molecule has 0 N–H and O–H groups in total. The van der Waals surface area contributed by atoms with Crippen molar-refractivity contribution in [3.8, 4) is 28.1 Å². The lowest BCUT2D eigenvalue weighted by Gasteiger charge is -2.19. The standard InChI is InChI=1S/C27H22ClN5O5S/c1-13-7-16(23-18(8-13)31-21(36-4)12-30-23)26-32-24-17(28)10-19-15(25(24)39-26)9-22(37-19)38-27(34)33(2)14-5-6-20(35-3)29-11-14/h5-8,10-12,22H,9H2,1-4H3. The van der Waals surface area contributed by atoms with Crippen molar-refractivity contribution >= 4 is 56.0 Å². The summed E-state index contributed by atoms with van der Waals surface area (Å²) in [6.07, 6.45) is 2.09. The average Bonchev–Trinajstić information content (AvgIpc) is 3.56. The molecule has 0 spiro atoms. The maximum Gasteiger partial charge on any atom is 0.417 e. The quantitative estimate of drug-likeness (QED) is 0.261. The zero-order valence-corrected chi connectivity index (χ0v) is 23.0. The molecule has 0 radical (unpaired) electrons. The number of rotatable bonds is 5. The predicted molar refractivity (Wildman–Crippen MR) is 148 cm³/mol. The molecule has 1 aliphatic heterocycles. The van der Waals surface area contributed by atoms with Gasteiger partial charge in [0.1, 0.15) is 16.3 Å². The summed E-state index contributed by atoms with van der Waals surface area (Å²) in [6, 6.07) is 9.08. The smallest absolute Gasteiger partial charge is 0.417 e. The highest BCUT2D eigenvalue weighted by Gasteiger charge is 2.32. The lowest BCUT2D eigenvalue weighted by atomic mass is 10.1. The van der Waals surface area contributed by atoms with Gasteiger partial charge in [0.2, 0.25) is 18.1 Å². The lowest BCUT2D eigenvalue weighted by Crippen LogP contribution is -2.32. The molecule has 0 saturated carbocycles. The van der Waals surface area contributed by atoms with Gasteiger partial charge in [-0.1, -0.05) is 11.6 Å². The van der Waals surface area contributed by atoms with Gasteiger partial charge in [-0.05, 0) is 30.7 Å². The molecule has 3 aromatic heterocycles. The van der Waals surface area contributed by atoms with Crippen molar-refractivity contribution < 1.29 is 23.7 Å². The molecule has 12 heteroatoms. The number of methoxy groups -OCH3 is 2. The van der Waals surface area contributed by atoms with E-state index in [1.165, 1.54) is 29.5 Å². The van der Waals surface area contributed by atoms with E-state index in [9.17, 15) is 4.79 Å². The Morgan fingerprint density at radius 1 is 1.08 bits per heavy atom. The van der Waals surface area contributed by atoms with Crippen LogP contribution in [-0.4, -0.2) is 53.6 Å². The third-order valence-electron chi connectivity index (χ3n) is 6.34. The molecule has 0 aliphatic carbocycles.